The highest BCUT2D eigenvalue weighted by Crippen LogP contribution is 2.37. The monoisotopic (exact) mass is 291 g/mol. The van der Waals surface area contributed by atoms with E-state index >= 15 is 0 Å². The lowest BCUT2D eigenvalue weighted by molar-refractivity contribution is 0.285. The summed E-state index contributed by atoms with van der Waals surface area (Å²) < 4.78 is 5.57. The lowest BCUT2D eigenvalue weighted by atomic mass is 9.80. The topological polar surface area (TPSA) is 64.9 Å². The van der Waals surface area contributed by atoms with Crippen molar-refractivity contribution in [3.63, 3.8) is 0 Å². The van der Waals surface area contributed by atoms with Crippen LogP contribution in [0.1, 0.15) is 94.7 Å². The summed E-state index contributed by atoms with van der Waals surface area (Å²) in [6.45, 7) is 2.29. The van der Waals surface area contributed by atoms with Crippen LogP contribution in [-0.2, 0) is 0 Å². The van der Waals surface area contributed by atoms with E-state index in [1.54, 1.807) is 0 Å². The molecule has 2 aliphatic rings. The van der Waals surface area contributed by atoms with Gasteiger partial charge in [0.15, 0.2) is 5.82 Å². The first-order valence-corrected chi connectivity index (χ1v) is 8.85. The molecule has 0 amide bonds. The highest BCUT2D eigenvalue weighted by molar-refractivity contribution is 5.02. The SMILES string of the molecule is CCCC1CCC(c2noc(C3CCC(N)CC3)n2)CC1. The standard InChI is InChI=1S/C17H29N3O/c1-2-3-12-4-6-13(7-5-12)16-19-17(21-20-16)14-8-10-15(18)11-9-14/h12-15H,2-11,18H2,1H3. The van der Waals surface area contributed by atoms with E-state index in [-0.39, 0.29) is 0 Å². The van der Waals surface area contributed by atoms with E-state index in [0.29, 0.717) is 17.9 Å². The molecule has 2 N–H and O–H groups in total. The Kier molecular flexibility index (Phi) is 4.94. The van der Waals surface area contributed by atoms with Crippen molar-refractivity contribution in [1.82, 2.24) is 10.1 Å². The number of hydrogen-bond donors (Lipinski definition) is 1. The lowest BCUT2D eigenvalue weighted by Gasteiger charge is -2.26. The van der Waals surface area contributed by atoms with Crippen LogP contribution in [0, 0.1) is 5.92 Å². The normalized spacial score (nSPS) is 34.0. The van der Waals surface area contributed by atoms with Crippen molar-refractivity contribution in [2.75, 3.05) is 0 Å². The first kappa shape index (κ1) is 15.0. The third kappa shape index (κ3) is 3.65. The van der Waals surface area contributed by atoms with Crippen LogP contribution in [0.2, 0.25) is 0 Å². The van der Waals surface area contributed by atoms with Crippen molar-refractivity contribution in [2.24, 2.45) is 11.7 Å². The van der Waals surface area contributed by atoms with Crippen LogP contribution in [0.4, 0.5) is 0 Å². The maximum atomic E-state index is 5.97. The van der Waals surface area contributed by atoms with Crippen molar-refractivity contribution in [3.8, 4) is 0 Å². The number of aromatic nitrogens is 2. The van der Waals surface area contributed by atoms with E-state index in [9.17, 15) is 0 Å². The summed E-state index contributed by atoms with van der Waals surface area (Å²) in [6, 6.07) is 0.373. The second-order valence-electron chi connectivity index (χ2n) is 7.11. The predicted molar refractivity (Wildman–Crippen MR) is 83.1 cm³/mol. The smallest absolute Gasteiger partial charge is 0.229 e. The molecule has 1 aromatic rings. The van der Waals surface area contributed by atoms with E-state index in [1.807, 2.05) is 0 Å². The van der Waals surface area contributed by atoms with Crippen molar-refractivity contribution in [1.29, 1.82) is 0 Å². The lowest BCUT2D eigenvalue weighted by Crippen LogP contribution is -2.25. The van der Waals surface area contributed by atoms with E-state index in [0.717, 1.165) is 43.3 Å². The first-order chi connectivity index (χ1) is 10.3. The number of hydrogen-bond acceptors (Lipinski definition) is 4. The second-order valence-corrected chi connectivity index (χ2v) is 7.11. The van der Waals surface area contributed by atoms with Gasteiger partial charge >= 0.3 is 0 Å². The van der Waals surface area contributed by atoms with Gasteiger partial charge in [-0.1, -0.05) is 24.9 Å². The van der Waals surface area contributed by atoms with Gasteiger partial charge in [0.1, 0.15) is 0 Å². The molecule has 1 aromatic heterocycles. The fraction of sp³-hybridized carbons (Fsp3) is 0.882. The Labute approximate surface area is 127 Å². The number of nitrogens with two attached hydrogens (primary N) is 1. The molecular weight excluding hydrogens is 262 g/mol. The van der Waals surface area contributed by atoms with Gasteiger partial charge < -0.3 is 10.3 Å². The Morgan fingerprint density at radius 1 is 1.00 bits per heavy atom. The van der Waals surface area contributed by atoms with Crippen molar-refractivity contribution >= 4 is 0 Å². The van der Waals surface area contributed by atoms with Crippen LogP contribution in [-0.4, -0.2) is 16.2 Å². The molecule has 0 saturated heterocycles. The summed E-state index contributed by atoms with van der Waals surface area (Å²) in [4.78, 5) is 4.74. The van der Waals surface area contributed by atoms with Gasteiger partial charge in [-0.05, 0) is 57.3 Å². The van der Waals surface area contributed by atoms with Gasteiger partial charge in [0, 0.05) is 17.9 Å². The highest BCUT2D eigenvalue weighted by Gasteiger charge is 2.28. The largest absolute Gasteiger partial charge is 0.339 e. The van der Waals surface area contributed by atoms with Gasteiger partial charge in [0.2, 0.25) is 5.89 Å². The van der Waals surface area contributed by atoms with Gasteiger partial charge in [-0.3, -0.25) is 0 Å². The molecule has 0 unspecified atom stereocenters. The van der Waals surface area contributed by atoms with Gasteiger partial charge in [0.05, 0.1) is 0 Å². The fourth-order valence-electron chi connectivity index (χ4n) is 4.06. The third-order valence-corrected chi connectivity index (χ3v) is 5.49. The quantitative estimate of drug-likeness (QED) is 0.906. The Balaban J connectivity index is 1.56. The molecule has 0 atom stereocenters. The summed E-state index contributed by atoms with van der Waals surface area (Å²) >= 11 is 0. The maximum Gasteiger partial charge on any atom is 0.229 e. The van der Waals surface area contributed by atoms with Crippen LogP contribution in [0.25, 0.3) is 0 Å². The van der Waals surface area contributed by atoms with Crippen LogP contribution >= 0.6 is 0 Å². The van der Waals surface area contributed by atoms with Crippen LogP contribution in [0.5, 0.6) is 0 Å². The average Bonchev–Trinajstić information content (AvgIpc) is 2.99. The van der Waals surface area contributed by atoms with Crippen LogP contribution in [0.3, 0.4) is 0 Å². The fourth-order valence-corrected chi connectivity index (χ4v) is 4.06. The van der Waals surface area contributed by atoms with Gasteiger partial charge in [-0.2, -0.15) is 4.98 Å². The van der Waals surface area contributed by atoms with Crippen molar-refractivity contribution in [2.45, 2.75) is 89.0 Å². The van der Waals surface area contributed by atoms with Crippen molar-refractivity contribution in [3.05, 3.63) is 11.7 Å². The first-order valence-electron chi connectivity index (χ1n) is 8.85. The third-order valence-electron chi connectivity index (χ3n) is 5.49. The minimum absolute atomic E-state index is 0.373. The zero-order valence-electron chi connectivity index (χ0n) is 13.3. The molecular formula is C17H29N3O. The maximum absolute atomic E-state index is 5.97. The number of rotatable bonds is 4. The summed E-state index contributed by atoms with van der Waals surface area (Å²) in [6.07, 6.45) is 12.2. The predicted octanol–water partition coefficient (Wildman–Crippen LogP) is 4.13. The van der Waals surface area contributed by atoms with Gasteiger partial charge in [-0.25, -0.2) is 0 Å². The summed E-state index contributed by atoms with van der Waals surface area (Å²) in [7, 11) is 0. The second kappa shape index (κ2) is 6.91. The molecule has 4 heteroatoms. The average molecular weight is 291 g/mol. The van der Waals surface area contributed by atoms with Crippen molar-refractivity contribution < 1.29 is 4.52 Å². The molecule has 0 aromatic carbocycles. The zero-order valence-corrected chi connectivity index (χ0v) is 13.3. The molecule has 2 fully saturated rings. The van der Waals surface area contributed by atoms with E-state index in [1.165, 1.54) is 38.5 Å². The van der Waals surface area contributed by atoms with E-state index < -0.39 is 0 Å². The van der Waals surface area contributed by atoms with Crippen LogP contribution < -0.4 is 5.73 Å². The minimum Gasteiger partial charge on any atom is -0.339 e. The molecule has 0 aliphatic heterocycles. The molecule has 118 valence electrons. The molecule has 2 aliphatic carbocycles. The van der Waals surface area contributed by atoms with E-state index in [2.05, 4.69) is 12.1 Å². The Hall–Kier alpha value is -0.900. The Morgan fingerprint density at radius 3 is 2.33 bits per heavy atom. The molecule has 0 bridgehead atoms. The zero-order chi connectivity index (χ0) is 14.7. The Bertz CT molecular complexity index is 429. The summed E-state index contributed by atoms with van der Waals surface area (Å²) in [5.74, 6) is 3.74. The highest BCUT2D eigenvalue weighted by atomic mass is 16.5. The van der Waals surface area contributed by atoms with Gasteiger partial charge in [-0.15, -0.1) is 0 Å². The van der Waals surface area contributed by atoms with Gasteiger partial charge in [0.25, 0.3) is 0 Å². The molecule has 21 heavy (non-hydrogen) atoms. The van der Waals surface area contributed by atoms with Crippen LogP contribution in [0.15, 0.2) is 4.52 Å². The molecule has 3 rings (SSSR count). The van der Waals surface area contributed by atoms with E-state index in [4.69, 9.17) is 15.2 Å². The molecule has 2 saturated carbocycles. The molecule has 4 nitrogen and oxygen atoms in total. The Morgan fingerprint density at radius 2 is 1.67 bits per heavy atom. The number of nitrogens with zero attached hydrogens (tertiary/aromatic N) is 2. The molecule has 0 spiro atoms. The summed E-state index contributed by atoms with van der Waals surface area (Å²) in [5, 5.41) is 4.29. The molecule has 0 radical (unpaired) electrons. The summed E-state index contributed by atoms with van der Waals surface area (Å²) in [5.41, 5.74) is 5.97. The molecule has 1 heterocycles. The minimum atomic E-state index is 0.373.